The molecule has 1 aromatic heterocycles. The van der Waals surface area contributed by atoms with Crippen molar-refractivity contribution in [3.8, 4) is 0 Å². The summed E-state index contributed by atoms with van der Waals surface area (Å²) in [6.07, 6.45) is 0.911. The van der Waals surface area contributed by atoms with E-state index in [-0.39, 0.29) is 11.5 Å². The quantitative estimate of drug-likeness (QED) is 0.810. The molecule has 1 aromatic rings. The van der Waals surface area contributed by atoms with E-state index in [1.54, 1.807) is 0 Å². The Morgan fingerprint density at radius 3 is 2.47 bits per heavy atom. The molecule has 1 N–H and O–H groups in total. The van der Waals surface area contributed by atoms with Gasteiger partial charge in [0.15, 0.2) is 0 Å². The van der Waals surface area contributed by atoms with Crippen LogP contribution in [0.2, 0.25) is 0 Å². The van der Waals surface area contributed by atoms with Gasteiger partial charge in [0, 0.05) is 12.3 Å². The number of nitrogens with one attached hydrogen (secondary N) is 1. The number of H-pyrrole nitrogens is 1. The van der Waals surface area contributed by atoms with Gasteiger partial charge in [0.05, 0.1) is 0 Å². The smallest absolute Gasteiger partial charge is 0.137 e. The van der Waals surface area contributed by atoms with E-state index in [1.807, 2.05) is 13.0 Å². The monoisotopic (exact) mass is 282 g/mol. The van der Waals surface area contributed by atoms with E-state index >= 15 is 0 Å². The normalized spacial score (nSPS) is 13.8. The second kappa shape index (κ2) is 6.62. The van der Waals surface area contributed by atoms with Crippen molar-refractivity contribution in [3.63, 3.8) is 0 Å². The molecule has 0 saturated heterocycles. The van der Waals surface area contributed by atoms with E-state index in [0.717, 1.165) is 17.9 Å². The van der Waals surface area contributed by atoms with Crippen LogP contribution in [-0.2, 0) is 11.2 Å². The molecule has 4 heteroatoms. The summed E-state index contributed by atoms with van der Waals surface area (Å²) in [7, 11) is 0. The average Bonchev–Trinajstić information content (AvgIpc) is 2.22. The summed E-state index contributed by atoms with van der Waals surface area (Å²) in [5, 5.41) is 0. The first-order valence-electron chi connectivity index (χ1n) is 6.95. The van der Waals surface area contributed by atoms with Crippen molar-refractivity contribution in [1.82, 2.24) is 9.97 Å². The van der Waals surface area contributed by atoms with Gasteiger partial charge in [-0.2, -0.15) is 0 Å². The molecular formula is C15H26N2OS. The molecule has 0 spiro atoms. The second-order valence-corrected chi connectivity index (χ2v) is 6.85. The van der Waals surface area contributed by atoms with Crippen molar-refractivity contribution in [2.45, 2.75) is 54.1 Å². The van der Waals surface area contributed by atoms with Gasteiger partial charge in [0.25, 0.3) is 0 Å². The second-order valence-electron chi connectivity index (χ2n) is 6.43. The number of hydrogen-bond acceptors (Lipinski definition) is 3. The minimum absolute atomic E-state index is 0.0161. The van der Waals surface area contributed by atoms with Crippen molar-refractivity contribution < 1.29 is 4.74 Å². The Morgan fingerprint density at radius 2 is 2.00 bits per heavy atom. The van der Waals surface area contributed by atoms with Crippen molar-refractivity contribution in [2.75, 3.05) is 6.61 Å². The molecule has 0 fully saturated rings. The summed E-state index contributed by atoms with van der Waals surface area (Å²) in [6, 6.07) is 1.95. The molecule has 0 radical (unpaired) electrons. The predicted octanol–water partition coefficient (Wildman–Crippen LogP) is 4.46. The minimum atomic E-state index is -0.0636. The van der Waals surface area contributed by atoms with Crippen LogP contribution in [0.3, 0.4) is 0 Å². The number of ether oxygens (including phenoxy) is 1. The van der Waals surface area contributed by atoms with Gasteiger partial charge in [-0.25, -0.2) is 4.98 Å². The molecule has 0 saturated carbocycles. The molecule has 0 aromatic carbocycles. The van der Waals surface area contributed by atoms with Crippen LogP contribution in [0.5, 0.6) is 0 Å². The summed E-state index contributed by atoms with van der Waals surface area (Å²) in [5.74, 6) is 1.43. The van der Waals surface area contributed by atoms with Crippen LogP contribution in [0.1, 0.15) is 59.2 Å². The van der Waals surface area contributed by atoms with Gasteiger partial charge < -0.3 is 9.72 Å². The number of nitrogens with zero attached hydrogens (tertiary/aromatic N) is 1. The molecule has 19 heavy (non-hydrogen) atoms. The van der Waals surface area contributed by atoms with Crippen molar-refractivity contribution in [2.24, 2.45) is 11.3 Å². The number of aromatic nitrogens is 2. The molecule has 1 heterocycles. The van der Waals surface area contributed by atoms with Crippen LogP contribution >= 0.6 is 12.2 Å². The zero-order valence-electron chi connectivity index (χ0n) is 12.9. The van der Waals surface area contributed by atoms with Crippen LogP contribution in [0.15, 0.2) is 6.07 Å². The lowest BCUT2D eigenvalue weighted by molar-refractivity contribution is -0.0193. The fraction of sp³-hybridized carbons (Fsp3) is 0.733. The van der Waals surface area contributed by atoms with Gasteiger partial charge in [0.1, 0.15) is 16.6 Å². The largest absolute Gasteiger partial charge is 0.370 e. The molecule has 3 nitrogen and oxygen atoms in total. The topological polar surface area (TPSA) is 37.9 Å². The highest BCUT2D eigenvalue weighted by atomic mass is 32.1. The summed E-state index contributed by atoms with van der Waals surface area (Å²) >= 11 is 5.28. The van der Waals surface area contributed by atoms with Crippen LogP contribution in [0.4, 0.5) is 0 Å². The van der Waals surface area contributed by atoms with Crippen LogP contribution in [-0.4, -0.2) is 16.6 Å². The van der Waals surface area contributed by atoms with Gasteiger partial charge in [-0.3, -0.25) is 0 Å². The highest BCUT2D eigenvalue weighted by Crippen LogP contribution is 2.34. The fourth-order valence-electron chi connectivity index (χ4n) is 2.11. The lowest BCUT2D eigenvalue weighted by Gasteiger charge is -2.29. The summed E-state index contributed by atoms with van der Waals surface area (Å²) < 4.78 is 6.50. The number of aromatic amines is 1. The lowest BCUT2D eigenvalue weighted by Crippen LogP contribution is -2.24. The van der Waals surface area contributed by atoms with Crippen molar-refractivity contribution >= 4 is 12.2 Å². The third kappa shape index (κ3) is 5.03. The van der Waals surface area contributed by atoms with E-state index < -0.39 is 0 Å². The van der Waals surface area contributed by atoms with E-state index in [2.05, 4.69) is 44.6 Å². The third-order valence-electron chi connectivity index (χ3n) is 2.81. The Balaban J connectivity index is 3.16. The van der Waals surface area contributed by atoms with Crippen LogP contribution < -0.4 is 0 Å². The minimum Gasteiger partial charge on any atom is -0.370 e. The fourth-order valence-corrected chi connectivity index (χ4v) is 2.35. The third-order valence-corrected chi connectivity index (χ3v) is 3.02. The maximum Gasteiger partial charge on any atom is 0.137 e. The van der Waals surface area contributed by atoms with Crippen molar-refractivity contribution in [1.29, 1.82) is 0 Å². The van der Waals surface area contributed by atoms with Gasteiger partial charge in [0.2, 0.25) is 0 Å². The molecule has 1 unspecified atom stereocenters. The molecule has 108 valence electrons. The Morgan fingerprint density at radius 1 is 1.37 bits per heavy atom. The lowest BCUT2D eigenvalue weighted by atomic mass is 9.88. The Labute approximate surface area is 121 Å². The first-order chi connectivity index (χ1) is 8.74. The van der Waals surface area contributed by atoms with Gasteiger partial charge in [-0.05, 0) is 30.7 Å². The standard InChI is InChI=1S/C15H26N2OS/c1-7-18-13(15(4,5)6)14-16-11(8-10(2)3)9-12(19)17-14/h9-10,13H,7-8H2,1-6H3,(H,16,17,19). The first-order valence-corrected chi connectivity index (χ1v) is 7.36. The summed E-state index contributed by atoms with van der Waals surface area (Å²) in [4.78, 5) is 7.87. The Kier molecular flexibility index (Phi) is 5.68. The highest BCUT2D eigenvalue weighted by molar-refractivity contribution is 7.71. The molecule has 0 bridgehead atoms. The van der Waals surface area contributed by atoms with Gasteiger partial charge >= 0.3 is 0 Å². The zero-order chi connectivity index (χ0) is 14.6. The number of hydrogen-bond donors (Lipinski definition) is 1. The Hall–Kier alpha value is -0.740. The summed E-state index contributed by atoms with van der Waals surface area (Å²) in [6.45, 7) is 13.5. The highest BCUT2D eigenvalue weighted by Gasteiger charge is 2.29. The van der Waals surface area contributed by atoms with E-state index in [0.29, 0.717) is 17.2 Å². The number of rotatable bonds is 5. The Bertz CT molecular complexity index is 460. The van der Waals surface area contributed by atoms with E-state index in [9.17, 15) is 0 Å². The molecule has 0 aliphatic rings. The van der Waals surface area contributed by atoms with Crippen LogP contribution in [0.25, 0.3) is 0 Å². The molecule has 0 aliphatic heterocycles. The van der Waals surface area contributed by atoms with E-state index in [4.69, 9.17) is 17.0 Å². The van der Waals surface area contributed by atoms with Crippen molar-refractivity contribution in [3.05, 3.63) is 22.2 Å². The molecule has 1 atom stereocenters. The SMILES string of the molecule is CCOC(c1nc(=S)cc(CC(C)C)[nH]1)C(C)(C)C. The van der Waals surface area contributed by atoms with E-state index in [1.165, 1.54) is 0 Å². The molecular weight excluding hydrogens is 256 g/mol. The van der Waals surface area contributed by atoms with Crippen LogP contribution in [0, 0.1) is 16.0 Å². The summed E-state index contributed by atoms with van der Waals surface area (Å²) in [5.41, 5.74) is 1.12. The first kappa shape index (κ1) is 16.3. The maximum absolute atomic E-state index is 5.87. The molecule has 0 aliphatic carbocycles. The predicted molar refractivity (Wildman–Crippen MR) is 81.8 cm³/mol. The molecule has 0 amide bonds. The maximum atomic E-state index is 5.87. The average molecular weight is 282 g/mol. The zero-order valence-corrected chi connectivity index (χ0v) is 13.7. The van der Waals surface area contributed by atoms with Gasteiger partial charge in [-0.15, -0.1) is 0 Å². The van der Waals surface area contributed by atoms with Gasteiger partial charge in [-0.1, -0.05) is 46.8 Å². The molecule has 1 rings (SSSR count).